The summed E-state index contributed by atoms with van der Waals surface area (Å²) in [5, 5.41) is 14.2. The van der Waals surface area contributed by atoms with Crippen molar-refractivity contribution in [3.63, 3.8) is 0 Å². The van der Waals surface area contributed by atoms with E-state index in [0.29, 0.717) is 10.6 Å². The Morgan fingerprint density at radius 2 is 2.11 bits per heavy atom. The molecule has 6 nitrogen and oxygen atoms in total. The highest BCUT2D eigenvalue weighted by molar-refractivity contribution is 7.90. The van der Waals surface area contributed by atoms with Crippen molar-refractivity contribution >= 4 is 27.1 Å². The summed E-state index contributed by atoms with van der Waals surface area (Å²) in [6.07, 6.45) is 1.15. The standard InChI is InChI=1S/C11H15ClN2O4S/c1-8(7-19(2,17)18)13-6-9-5-10(12)3-4-11(9)14(15)16/h3-5,8,13H,6-7H2,1-2H3. The van der Waals surface area contributed by atoms with Crippen LogP contribution in [-0.4, -0.2) is 31.4 Å². The molecule has 1 atom stereocenters. The molecular formula is C11H15ClN2O4S. The van der Waals surface area contributed by atoms with Crippen molar-refractivity contribution in [2.24, 2.45) is 0 Å². The lowest BCUT2D eigenvalue weighted by Gasteiger charge is -2.12. The molecule has 8 heteroatoms. The van der Waals surface area contributed by atoms with Gasteiger partial charge in [0.2, 0.25) is 0 Å². The van der Waals surface area contributed by atoms with E-state index in [0.717, 1.165) is 6.26 Å². The number of hydrogen-bond acceptors (Lipinski definition) is 5. The van der Waals surface area contributed by atoms with Gasteiger partial charge in [-0.05, 0) is 19.1 Å². The predicted molar refractivity (Wildman–Crippen MR) is 74.1 cm³/mol. The molecular weight excluding hydrogens is 292 g/mol. The Morgan fingerprint density at radius 3 is 2.63 bits per heavy atom. The lowest BCUT2D eigenvalue weighted by Crippen LogP contribution is -2.32. The van der Waals surface area contributed by atoms with Crippen molar-refractivity contribution in [3.8, 4) is 0 Å². The summed E-state index contributed by atoms with van der Waals surface area (Å²) in [7, 11) is -3.08. The molecule has 1 rings (SSSR count). The fourth-order valence-corrected chi connectivity index (χ4v) is 2.89. The van der Waals surface area contributed by atoms with Crippen LogP contribution in [0.5, 0.6) is 0 Å². The maximum atomic E-state index is 11.1. The molecule has 1 aromatic carbocycles. The summed E-state index contributed by atoms with van der Waals surface area (Å²) in [5.74, 6) is -0.0264. The van der Waals surface area contributed by atoms with Gasteiger partial charge in [0.15, 0.2) is 0 Å². The fourth-order valence-electron chi connectivity index (χ4n) is 1.67. The first-order valence-electron chi connectivity index (χ1n) is 5.53. The van der Waals surface area contributed by atoms with Gasteiger partial charge >= 0.3 is 0 Å². The highest BCUT2D eigenvalue weighted by atomic mass is 35.5. The summed E-state index contributed by atoms with van der Waals surface area (Å²) in [5.41, 5.74) is 0.390. The number of nitrogens with zero attached hydrogens (tertiary/aromatic N) is 1. The van der Waals surface area contributed by atoms with Crippen molar-refractivity contribution in [3.05, 3.63) is 38.9 Å². The monoisotopic (exact) mass is 306 g/mol. The average molecular weight is 307 g/mol. The van der Waals surface area contributed by atoms with Gasteiger partial charge in [-0.2, -0.15) is 0 Å². The molecule has 1 aromatic rings. The van der Waals surface area contributed by atoms with E-state index < -0.39 is 14.8 Å². The van der Waals surface area contributed by atoms with E-state index >= 15 is 0 Å². The minimum absolute atomic E-state index is 0.0264. The third-order valence-electron chi connectivity index (χ3n) is 2.43. The Morgan fingerprint density at radius 1 is 1.47 bits per heavy atom. The van der Waals surface area contributed by atoms with Crippen molar-refractivity contribution in [2.45, 2.75) is 19.5 Å². The van der Waals surface area contributed by atoms with Gasteiger partial charge in [-0.3, -0.25) is 10.1 Å². The molecule has 0 aliphatic heterocycles. The van der Waals surface area contributed by atoms with E-state index in [1.54, 1.807) is 6.92 Å². The first-order chi connectivity index (χ1) is 8.69. The first-order valence-corrected chi connectivity index (χ1v) is 7.97. The highest BCUT2D eigenvalue weighted by Crippen LogP contribution is 2.22. The summed E-state index contributed by atoms with van der Waals surface area (Å²) < 4.78 is 22.2. The molecule has 0 saturated heterocycles. The van der Waals surface area contributed by atoms with Gasteiger partial charge in [-0.1, -0.05) is 11.6 Å². The molecule has 0 saturated carbocycles. The molecule has 1 N–H and O–H groups in total. The van der Waals surface area contributed by atoms with Gasteiger partial charge in [-0.25, -0.2) is 8.42 Å². The smallest absolute Gasteiger partial charge is 0.273 e. The molecule has 0 aromatic heterocycles. The molecule has 0 amide bonds. The zero-order chi connectivity index (χ0) is 14.6. The summed E-state index contributed by atoms with van der Waals surface area (Å²) in [6.45, 7) is 1.89. The van der Waals surface area contributed by atoms with Crippen LogP contribution in [0.1, 0.15) is 12.5 Å². The Labute approximate surface area is 116 Å². The third-order valence-corrected chi connectivity index (χ3v) is 3.77. The second kappa shape index (κ2) is 6.31. The Kier molecular flexibility index (Phi) is 5.28. The number of halogens is 1. The average Bonchev–Trinajstić information content (AvgIpc) is 2.23. The zero-order valence-electron chi connectivity index (χ0n) is 10.6. The van der Waals surface area contributed by atoms with Gasteiger partial charge in [0.05, 0.1) is 10.7 Å². The lowest BCUT2D eigenvalue weighted by molar-refractivity contribution is -0.385. The fraction of sp³-hybridized carbons (Fsp3) is 0.455. The number of rotatable bonds is 6. The largest absolute Gasteiger partial charge is 0.309 e. The lowest BCUT2D eigenvalue weighted by atomic mass is 10.1. The van der Waals surface area contributed by atoms with Crippen molar-refractivity contribution in [2.75, 3.05) is 12.0 Å². The van der Waals surface area contributed by atoms with Crippen LogP contribution >= 0.6 is 11.6 Å². The van der Waals surface area contributed by atoms with E-state index in [4.69, 9.17) is 11.6 Å². The SMILES string of the molecule is CC(CS(C)(=O)=O)NCc1cc(Cl)ccc1[N+](=O)[O-]. The first kappa shape index (κ1) is 15.9. The van der Waals surface area contributed by atoms with Crippen LogP contribution in [-0.2, 0) is 16.4 Å². The van der Waals surface area contributed by atoms with Crippen LogP contribution in [0.2, 0.25) is 5.02 Å². The Bertz CT molecular complexity index is 574. The van der Waals surface area contributed by atoms with Crippen LogP contribution in [0.25, 0.3) is 0 Å². The summed E-state index contributed by atoms with van der Waals surface area (Å²) in [4.78, 5) is 10.4. The Hall–Kier alpha value is -1.18. The number of nitro benzene ring substituents is 1. The molecule has 0 radical (unpaired) electrons. The molecule has 106 valence electrons. The van der Waals surface area contributed by atoms with E-state index in [-0.39, 0.29) is 24.0 Å². The van der Waals surface area contributed by atoms with Crippen molar-refractivity contribution in [1.82, 2.24) is 5.32 Å². The molecule has 0 aliphatic carbocycles. The maximum absolute atomic E-state index is 11.1. The van der Waals surface area contributed by atoms with Crippen LogP contribution in [0, 0.1) is 10.1 Å². The molecule has 19 heavy (non-hydrogen) atoms. The Balaban J connectivity index is 2.77. The number of sulfone groups is 1. The number of nitrogens with one attached hydrogen (secondary N) is 1. The van der Waals surface area contributed by atoms with Gasteiger partial charge in [0.25, 0.3) is 5.69 Å². The minimum Gasteiger partial charge on any atom is -0.309 e. The highest BCUT2D eigenvalue weighted by Gasteiger charge is 2.16. The van der Waals surface area contributed by atoms with Gasteiger partial charge in [-0.15, -0.1) is 0 Å². The van der Waals surface area contributed by atoms with Crippen molar-refractivity contribution in [1.29, 1.82) is 0 Å². The van der Waals surface area contributed by atoms with Crippen LogP contribution in [0.4, 0.5) is 5.69 Å². The normalized spacial score (nSPS) is 13.2. The van der Waals surface area contributed by atoms with Gasteiger partial charge in [0.1, 0.15) is 9.84 Å². The second-order valence-corrected chi connectivity index (χ2v) is 7.03. The topological polar surface area (TPSA) is 89.3 Å². The molecule has 0 heterocycles. The van der Waals surface area contributed by atoms with Crippen molar-refractivity contribution < 1.29 is 13.3 Å². The van der Waals surface area contributed by atoms with Crippen LogP contribution in [0.3, 0.4) is 0 Å². The molecule has 1 unspecified atom stereocenters. The second-order valence-electron chi connectivity index (χ2n) is 4.40. The van der Waals surface area contributed by atoms with E-state index in [1.165, 1.54) is 18.2 Å². The molecule has 0 aliphatic rings. The predicted octanol–water partition coefficient (Wildman–Crippen LogP) is 1.77. The van der Waals surface area contributed by atoms with E-state index in [1.807, 2.05) is 0 Å². The summed E-state index contributed by atoms with van der Waals surface area (Å²) >= 11 is 5.80. The van der Waals surface area contributed by atoms with Crippen LogP contribution in [0.15, 0.2) is 18.2 Å². The third kappa shape index (κ3) is 5.54. The zero-order valence-corrected chi connectivity index (χ0v) is 12.2. The molecule has 0 bridgehead atoms. The quantitative estimate of drug-likeness (QED) is 0.639. The van der Waals surface area contributed by atoms with E-state index in [9.17, 15) is 18.5 Å². The van der Waals surface area contributed by atoms with E-state index in [2.05, 4.69) is 5.32 Å². The number of hydrogen-bond donors (Lipinski definition) is 1. The van der Waals surface area contributed by atoms with Crippen LogP contribution < -0.4 is 5.32 Å². The molecule has 0 fully saturated rings. The number of benzene rings is 1. The minimum atomic E-state index is -3.08. The van der Waals surface area contributed by atoms with Gasteiger partial charge < -0.3 is 5.32 Å². The number of nitro groups is 1. The maximum Gasteiger partial charge on any atom is 0.273 e. The molecule has 0 spiro atoms. The summed E-state index contributed by atoms with van der Waals surface area (Å²) in [6, 6.07) is 3.98. The van der Waals surface area contributed by atoms with Gasteiger partial charge in [0, 0.05) is 35.5 Å².